The predicted octanol–water partition coefficient (Wildman–Crippen LogP) is 6.16. The number of phenols is 2. The molecule has 5 N–H and O–H groups in total. The Morgan fingerprint density at radius 3 is 2.35 bits per heavy atom. The summed E-state index contributed by atoms with van der Waals surface area (Å²) in [4.78, 5) is 45.6. The first-order valence-corrected chi connectivity index (χ1v) is 19.0. The second kappa shape index (κ2) is 15.5. The fraction of sp³-hybridized carbons (Fsp3) is 0.442. The molecule has 14 nitrogen and oxygen atoms in total. The quantitative estimate of drug-likeness (QED) is 0.115. The van der Waals surface area contributed by atoms with Crippen molar-refractivity contribution in [2.75, 3.05) is 12.4 Å². The fourth-order valence-corrected chi connectivity index (χ4v) is 8.03. The van der Waals surface area contributed by atoms with Gasteiger partial charge in [0, 0.05) is 67.3 Å². The van der Waals surface area contributed by atoms with Crippen molar-refractivity contribution in [1.82, 2.24) is 9.38 Å². The summed E-state index contributed by atoms with van der Waals surface area (Å²) < 4.78 is 25.5. The standard InChI is InChI=1S/C43H51N3O11/c1-19-14-16-46-28(18-19)44-32-29-30-37(50)25(7)40-31(29)41(52)43(9,57-40)55-17-15-27(54-10)22(4)39(56-26(8)47)24(6)36(49)23(5)35(48)20(2)12-11-13-21(3)42(53)45-33(34(32)46)38(30)51/h11-18,20,22-24,27,35-36,39,48-51H,1-10H3,(H,45,53)/t20?,22-,23+,24+,27?,35?,36+,39?,43-/m0/s1. The van der Waals surface area contributed by atoms with Gasteiger partial charge >= 0.3 is 11.8 Å². The fourth-order valence-electron chi connectivity index (χ4n) is 8.03. The van der Waals surface area contributed by atoms with E-state index in [0.717, 1.165) is 5.56 Å². The number of aromatic hydroxyl groups is 2. The third-order valence-electron chi connectivity index (χ3n) is 11.5. The Hall–Kier alpha value is -5.44. The van der Waals surface area contributed by atoms with Gasteiger partial charge in [0.2, 0.25) is 0 Å². The largest absolute Gasteiger partial charge is 0.507 e. The number of pyridine rings is 1. The number of hydrogen-bond acceptors (Lipinski definition) is 12. The lowest BCUT2D eigenvalue weighted by atomic mass is 9.78. The van der Waals surface area contributed by atoms with Gasteiger partial charge in [0.25, 0.3) is 11.7 Å². The minimum absolute atomic E-state index is 0.0185. The molecule has 2 aliphatic rings. The number of aryl methyl sites for hydroxylation is 1. The Labute approximate surface area is 330 Å². The minimum Gasteiger partial charge on any atom is -0.507 e. The normalized spacial score (nSPS) is 28.8. The van der Waals surface area contributed by atoms with Crippen LogP contribution in [0.15, 0.2) is 54.5 Å². The summed E-state index contributed by atoms with van der Waals surface area (Å²) in [5.41, 5.74) is 2.18. The van der Waals surface area contributed by atoms with Crippen LogP contribution in [0.4, 0.5) is 5.69 Å². The number of ketones is 1. The Morgan fingerprint density at radius 2 is 1.68 bits per heavy atom. The van der Waals surface area contributed by atoms with Crippen molar-refractivity contribution in [3.05, 3.63) is 71.2 Å². The van der Waals surface area contributed by atoms with Crippen LogP contribution in [-0.4, -0.2) is 84.8 Å². The lowest BCUT2D eigenvalue weighted by Crippen LogP contribution is -2.46. The second-order valence-corrected chi connectivity index (χ2v) is 15.6. The molecule has 4 bridgehead atoms. The van der Waals surface area contributed by atoms with Gasteiger partial charge < -0.3 is 44.7 Å². The molecule has 0 saturated heterocycles. The van der Waals surface area contributed by atoms with Crippen LogP contribution in [0.25, 0.3) is 27.5 Å². The number of phenolic OH excluding ortho intramolecular Hbond substituents is 2. The number of allylic oxidation sites excluding steroid dienone is 2. The van der Waals surface area contributed by atoms with Crippen LogP contribution >= 0.6 is 0 Å². The SMILES string of the molecule is COC1C=CO[C@@]2(C)Oc3c(C)c(O)c4c(O)c(c5c(nc6cc(C)ccn65)c4c3C2=O)NC(=O)C(C)=CC=CC(C)C(O)[C@@H](C)[C@@H](O)[C@@H](C)C(OC(C)=O)[C@H]1C. The number of anilines is 1. The molecule has 14 heteroatoms. The number of amides is 1. The maximum atomic E-state index is 14.6. The van der Waals surface area contributed by atoms with Crippen LogP contribution in [0.1, 0.15) is 70.0 Å². The van der Waals surface area contributed by atoms with Crippen LogP contribution in [0.2, 0.25) is 0 Å². The first-order chi connectivity index (χ1) is 26.8. The molecule has 0 radical (unpaired) electrons. The van der Waals surface area contributed by atoms with Crippen LogP contribution in [0.3, 0.4) is 0 Å². The molecular formula is C43H51N3O11. The highest BCUT2D eigenvalue weighted by Gasteiger charge is 2.50. The zero-order chi connectivity index (χ0) is 41.8. The van der Waals surface area contributed by atoms with E-state index >= 15 is 0 Å². The molecule has 57 heavy (non-hydrogen) atoms. The Morgan fingerprint density at radius 1 is 0.982 bits per heavy atom. The van der Waals surface area contributed by atoms with Crippen LogP contribution in [0, 0.1) is 37.5 Å². The van der Waals surface area contributed by atoms with Crippen LogP contribution in [-0.2, 0) is 23.8 Å². The topological polar surface area (TPSA) is 198 Å². The number of aromatic nitrogens is 2. The maximum Gasteiger partial charge on any atom is 0.312 e. The second-order valence-electron chi connectivity index (χ2n) is 15.6. The summed E-state index contributed by atoms with van der Waals surface area (Å²) in [7, 11) is 1.46. The first kappa shape index (κ1) is 41.2. The lowest BCUT2D eigenvalue weighted by molar-refractivity contribution is -0.160. The monoisotopic (exact) mass is 785 g/mol. The molecule has 4 unspecified atom stereocenters. The van der Waals surface area contributed by atoms with Gasteiger partial charge in [-0.05, 0) is 44.5 Å². The van der Waals surface area contributed by atoms with Gasteiger partial charge in [-0.15, -0.1) is 0 Å². The maximum absolute atomic E-state index is 14.6. The van der Waals surface area contributed by atoms with Crippen molar-refractivity contribution in [3.8, 4) is 17.2 Å². The van der Waals surface area contributed by atoms with Crippen LogP contribution in [0.5, 0.6) is 17.2 Å². The Balaban J connectivity index is 1.58. The number of ether oxygens (including phenoxy) is 4. The summed E-state index contributed by atoms with van der Waals surface area (Å²) in [5.74, 6) is -6.96. The number of benzene rings is 2. The highest BCUT2D eigenvalue weighted by Crippen LogP contribution is 2.54. The number of aliphatic hydroxyl groups excluding tert-OH is 2. The van der Waals surface area contributed by atoms with E-state index in [2.05, 4.69) is 5.32 Å². The van der Waals surface area contributed by atoms with Gasteiger partial charge in [0.05, 0.1) is 35.5 Å². The van der Waals surface area contributed by atoms with E-state index in [1.54, 1.807) is 63.4 Å². The molecule has 4 heterocycles. The average Bonchev–Trinajstić information content (AvgIpc) is 3.67. The van der Waals surface area contributed by atoms with Crippen molar-refractivity contribution in [2.45, 2.75) is 92.5 Å². The highest BCUT2D eigenvalue weighted by molar-refractivity contribution is 6.28. The molecule has 0 spiro atoms. The number of methoxy groups -OCH3 is 1. The van der Waals surface area contributed by atoms with Crippen molar-refractivity contribution in [1.29, 1.82) is 0 Å². The first-order valence-electron chi connectivity index (χ1n) is 19.0. The number of carbonyl (C=O) groups is 3. The number of carbonyl (C=O) groups excluding carboxylic acids is 3. The molecule has 0 saturated carbocycles. The summed E-state index contributed by atoms with van der Waals surface area (Å²) >= 11 is 0. The zero-order valence-electron chi connectivity index (χ0n) is 33.8. The average molecular weight is 786 g/mol. The lowest BCUT2D eigenvalue weighted by Gasteiger charge is -2.38. The smallest absolute Gasteiger partial charge is 0.312 e. The number of esters is 1. The molecule has 9 atom stereocenters. The van der Waals surface area contributed by atoms with Gasteiger partial charge in [0.1, 0.15) is 40.0 Å². The number of aliphatic hydroxyl groups is 2. The van der Waals surface area contributed by atoms with Crippen molar-refractivity contribution < 1.29 is 53.8 Å². The van der Waals surface area contributed by atoms with Crippen molar-refractivity contribution >= 4 is 50.8 Å². The van der Waals surface area contributed by atoms with Gasteiger partial charge in [-0.3, -0.25) is 18.8 Å². The molecule has 304 valence electrons. The molecule has 2 aliphatic heterocycles. The summed E-state index contributed by atoms with van der Waals surface area (Å²) in [5, 5.41) is 49.4. The summed E-state index contributed by atoms with van der Waals surface area (Å²) in [6.07, 6.45) is 5.62. The number of imidazole rings is 1. The molecule has 0 aliphatic carbocycles. The highest BCUT2D eigenvalue weighted by atomic mass is 16.7. The third kappa shape index (κ3) is 7.10. The van der Waals surface area contributed by atoms with E-state index in [9.17, 15) is 34.8 Å². The van der Waals surface area contributed by atoms with E-state index in [4.69, 9.17) is 23.9 Å². The van der Waals surface area contributed by atoms with E-state index < -0.39 is 77.3 Å². The molecular weight excluding hydrogens is 734 g/mol. The van der Waals surface area contributed by atoms with E-state index in [-0.39, 0.29) is 55.7 Å². The van der Waals surface area contributed by atoms with E-state index in [1.165, 1.54) is 40.2 Å². The van der Waals surface area contributed by atoms with Gasteiger partial charge in [-0.25, -0.2) is 4.98 Å². The van der Waals surface area contributed by atoms with Crippen LogP contribution < -0.4 is 10.1 Å². The number of nitrogens with one attached hydrogen (secondary N) is 1. The van der Waals surface area contributed by atoms with E-state index in [0.29, 0.717) is 5.65 Å². The Kier molecular flexibility index (Phi) is 11.2. The van der Waals surface area contributed by atoms with Gasteiger partial charge in [-0.1, -0.05) is 45.9 Å². The number of hydrogen-bond donors (Lipinski definition) is 5. The molecule has 2 aromatic carbocycles. The number of Topliss-reactive ketones (excluding diaryl/α,β-unsaturated/α-hetero) is 1. The summed E-state index contributed by atoms with van der Waals surface area (Å²) in [6, 6.07) is 3.64. The number of rotatable bonds is 2. The number of nitrogens with zero attached hydrogens (tertiary/aromatic N) is 2. The zero-order valence-corrected chi connectivity index (χ0v) is 33.8. The molecule has 6 rings (SSSR count). The van der Waals surface area contributed by atoms with Crippen molar-refractivity contribution in [3.63, 3.8) is 0 Å². The molecule has 2 aromatic heterocycles. The number of fused-ring (bicyclic) bond motifs is 2. The van der Waals surface area contributed by atoms with Crippen molar-refractivity contribution in [2.24, 2.45) is 23.7 Å². The molecule has 4 aromatic rings. The molecule has 0 fully saturated rings. The summed E-state index contributed by atoms with van der Waals surface area (Å²) in [6.45, 7) is 14.7. The van der Waals surface area contributed by atoms with E-state index in [1.807, 2.05) is 19.1 Å². The third-order valence-corrected chi connectivity index (χ3v) is 11.5. The van der Waals surface area contributed by atoms with Gasteiger partial charge in [-0.2, -0.15) is 0 Å². The van der Waals surface area contributed by atoms with Gasteiger partial charge in [0.15, 0.2) is 5.75 Å². The Bertz CT molecular complexity index is 2380. The minimum atomic E-state index is -1.96. The molecule has 1 amide bonds. The predicted molar refractivity (Wildman–Crippen MR) is 213 cm³/mol.